The number of aliphatic imine (C=N–C) groups is 2. The van der Waals surface area contributed by atoms with Crippen LogP contribution >= 0.6 is 0 Å². The van der Waals surface area contributed by atoms with E-state index in [4.69, 9.17) is 4.99 Å². The van der Waals surface area contributed by atoms with Crippen molar-refractivity contribution in [1.82, 2.24) is 15.2 Å². The van der Waals surface area contributed by atoms with E-state index in [1.54, 1.807) is 4.90 Å². The van der Waals surface area contributed by atoms with E-state index >= 15 is 0 Å². The number of hydrogen-bond acceptors (Lipinski definition) is 6. The monoisotopic (exact) mass is 468 g/mol. The van der Waals surface area contributed by atoms with E-state index in [1.165, 1.54) is 13.1 Å². The Hall–Kier alpha value is -2.46. The van der Waals surface area contributed by atoms with Crippen LogP contribution in [0.25, 0.3) is 0 Å². The molecular formula is C22H31F3N6O2. The molecule has 11 heteroatoms. The van der Waals surface area contributed by atoms with Crippen LogP contribution in [0.4, 0.5) is 13.2 Å². The average molecular weight is 469 g/mol. The first-order chi connectivity index (χ1) is 15.4. The smallest absolute Gasteiger partial charge is 0.352 e. The molecule has 0 saturated carbocycles. The minimum absolute atomic E-state index is 0.0141. The van der Waals surface area contributed by atoms with Crippen molar-refractivity contribution >= 4 is 30.0 Å². The van der Waals surface area contributed by atoms with Crippen LogP contribution in [0.3, 0.4) is 0 Å². The number of halogens is 3. The molecule has 1 fully saturated rings. The van der Waals surface area contributed by atoms with Crippen molar-refractivity contribution in [1.29, 1.82) is 0 Å². The Bertz CT molecular complexity index is 899. The number of rotatable bonds is 4. The molecule has 0 aromatic rings. The number of carbonyl (C=O) groups excluding carboxylic acids is 2. The van der Waals surface area contributed by atoms with Crippen LogP contribution in [0.5, 0.6) is 0 Å². The Morgan fingerprint density at radius 2 is 2.00 bits per heavy atom. The zero-order valence-electron chi connectivity index (χ0n) is 19.3. The number of nitrogens with one attached hydrogen (secondary N) is 1. The maximum atomic E-state index is 13.5. The van der Waals surface area contributed by atoms with Gasteiger partial charge in [-0.2, -0.15) is 18.3 Å². The molecule has 1 saturated heterocycles. The van der Waals surface area contributed by atoms with Crippen LogP contribution in [-0.4, -0.2) is 89.3 Å². The summed E-state index contributed by atoms with van der Waals surface area (Å²) in [7, 11) is 0. The van der Waals surface area contributed by atoms with Crippen molar-refractivity contribution < 1.29 is 22.8 Å². The van der Waals surface area contributed by atoms with E-state index in [9.17, 15) is 22.8 Å². The Labute approximate surface area is 191 Å². The Balaban J connectivity index is 1.55. The van der Waals surface area contributed by atoms with Crippen molar-refractivity contribution in [3.8, 4) is 0 Å². The Kier molecular flexibility index (Phi) is 6.03. The van der Waals surface area contributed by atoms with Gasteiger partial charge in [-0.25, -0.2) is 0 Å². The maximum absolute atomic E-state index is 13.5. The summed E-state index contributed by atoms with van der Waals surface area (Å²) in [6.07, 6.45) is 0.457. The normalized spacial score (nSPS) is 35.6. The summed E-state index contributed by atoms with van der Waals surface area (Å²) in [6, 6.07) is -0.624. The summed E-state index contributed by atoms with van der Waals surface area (Å²) in [5.41, 5.74) is 0.0524. The van der Waals surface area contributed by atoms with Gasteiger partial charge in [0.2, 0.25) is 11.8 Å². The molecule has 4 aliphatic heterocycles. The van der Waals surface area contributed by atoms with E-state index in [-0.39, 0.29) is 48.2 Å². The van der Waals surface area contributed by atoms with Gasteiger partial charge in [-0.15, -0.1) is 0 Å². The quantitative estimate of drug-likeness (QED) is 0.684. The number of likely N-dealkylation sites (tertiary alicyclic amines) is 1. The molecule has 4 heterocycles. The summed E-state index contributed by atoms with van der Waals surface area (Å²) >= 11 is 0. The second-order valence-electron chi connectivity index (χ2n) is 10.1. The Morgan fingerprint density at radius 3 is 2.67 bits per heavy atom. The van der Waals surface area contributed by atoms with Crippen molar-refractivity contribution in [3.63, 3.8) is 0 Å². The Morgan fingerprint density at radius 1 is 1.27 bits per heavy atom. The summed E-state index contributed by atoms with van der Waals surface area (Å²) in [6.45, 7) is 6.77. The van der Waals surface area contributed by atoms with Gasteiger partial charge >= 0.3 is 6.18 Å². The fourth-order valence-electron chi connectivity index (χ4n) is 5.77. The highest BCUT2D eigenvalue weighted by atomic mass is 19.4. The van der Waals surface area contributed by atoms with Crippen molar-refractivity contribution in [2.24, 2.45) is 32.8 Å². The number of amides is 2. The number of fused-ring (bicyclic) bond motifs is 1. The van der Waals surface area contributed by atoms with Gasteiger partial charge in [0, 0.05) is 31.3 Å². The van der Waals surface area contributed by atoms with Gasteiger partial charge in [-0.1, -0.05) is 6.92 Å². The maximum Gasteiger partial charge on any atom is 0.407 e. The highest BCUT2D eigenvalue weighted by Crippen LogP contribution is 2.43. The van der Waals surface area contributed by atoms with Crippen LogP contribution < -0.4 is 5.32 Å². The highest BCUT2D eigenvalue weighted by Gasteiger charge is 2.57. The minimum Gasteiger partial charge on any atom is -0.352 e. The molecule has 182 valence electrons. The molecule has 2 amide bonds. The third kappa shape index (κ3) is 4.63. The first-order valence-electron chi connectivity index (χ1n) is 11.4. The van der Waals surface area contributed by atoms with Crippen molar-refractivity contribution in [2.75, 3.05) is 19.6 Å². The van der Waals surface area contributed by atoms with Gasteiger partial charge in [0.1, 0.15) is 6.54 Å². The zero-order valence-corrected chi connectivity index (χ0v) is 19.3. The number of hydrazone groups is 1. The lowest BCUT2D eigenvalue weighted by Gasteiger charge is -2.38. The summed E-state index contributed by atoms with van der Waals surface area (Å²) in [4.78, 5) is 36.1. The van der Waals surface area contributed by atoms with Crippen molar-refractivity contribution in [3.05, 3.63) is 0 Å². The predicted octanol–water partition coefficient (Wildman–Crippen LogP) is 1.90. The summed E-state index contributed by atoms with van der Waals surface area (Å²) < 4.78 is 38.4. The molecule has 33 heavy (non-hydrogen) atoms. The molecule has 1 N–H and O–H groups in total. The number of hydrogen-bond donors (Lipinski definition) is 1. The second kappa shape index (κ2) is 8.39. The predicted molar refractivity (Wildman–Crippen MR) is 118 cm³/mol. The molecule has 0 aromatic heterocycles. The molecule has 0 spiro atoms. The molecule has 6 unspecified atom stereocenters. The van der Waals surface area contributed by atoms with Gasteiger partial charge in [0.15, 0.2) is 0 Å². The largest absolute Gasteiger partial charge is 0.407 e. The first kappa shape index (κ1) is 23.7. The number of nitrogens with zero attached hydrogens (tertiary/aromatic N) is 5. The van der Waals surface area contributed by atoms with Gasteiger partial charge in [-0.05, 0) is 32.6 Å². The lowest BCUT2D eigenvalue weighted by atomic mass is 9.75. The fraction of sp³-hybridized carbons (Fsp3) is 0.773. The number of alkyl halides is 3. The molecule has 4 aliphatic rings. The minimum atomic E-state index is -4.35. The highest BCUT2D eigenvalue weighted by molar-refractivity contribution is 6.16. The molecule has 0 bridgehead atoms. The summed E-state index contributed by atoms with van der Waals surface area (Å²) in [5, 5.41) is 7.80. The third-order valence-electron chi connectivity index (χ3n) is 7.09. The lowest BCUT2D eigenvalue weighted by molar-refractivity contribution is -0.146. The SMILES string of the molecule is CC(=O)NC1CN=CC(C2CC(C)C3C(=O)N(C4C=NN(CC(F)(F)F)C4)C(C)(C)C3=N2)C1. The molecule has 0 aromatic carbocycles. The van der Waals surface area contributed by atoms with Gasteiger partial charge in [0.05, 0.1) is 42.3 Å². The average Bonchev–Trinajstić information content (AvgIpc) is 3.20. The molecular weight excluding hydrogens is 437 g/mol. The second-order valence-corrected chi connectivity index (χ2v) is 10.1. The topological polar surface area (TPSA) is 89.7 Å². The van der Waals surface area contributed by atoms with Crippen LogP contribution in [0.2, 0.25) is 0 Å². The molecule has 8 nitrogen and oxygen atoms in total. The van der Waals surface area contributed by atoms with E-state index in [1.807, 2.05) is 27.0 Å². The van der Waals surface area contributed by atoms with Gasteiger partial charge in [-0.3, -0.25) is 24.6 Å². The molecule has 4 rings (SSSR count). The fourth-order valence-corrected chi connectivity index (χ4v) is 5.77. The van der Waals surface area contributed by atoms with E-state index in [0.717, 1.165) is 17.1 Å². The molecule has 0 radical (unpaired) electrons. The zero-order chi connectivity index (χ0) is 24.1. The van der Waals surface area contributed by atoms with Gasteiger partial charge < -0.3 is 10.2 Å². The summed E-state index contributed by atoms with van der Waals surface area (Å²) in [5.74, 6) is -0.466. The molecule has 0 aliphatic carbocycles. The molecule has 6 atom stereocenters. The first-order valence-corrected chi connectivity index (χ1v) is 11.4. The van der Waals surface area contributed by atoms with Gasteiger partial charge in [0.25, 0.3) is 0 Å². The third-order valence-corrected chi connectivity index (χ3v) is 7.09. The van der Waals surface area contributed by atoms with E-state index in [0.29, 0.717) is 13.0 Å². The number of carbonyl (C=O) groups is 2. The van der Waals surface area contributed by atoms with Crippen LogP contribution in [0.15, 0.2) is 15.1 Å². The van der Waals surface area contributed by atoms with Crippen molar-refractivity contribution in [2.45, 2.75) is 70.4 Å². The van der Waals surface area contributed by atoms with Crippen LogP contribution in [-0.2, 0) is 9.59 Å². The van der Waals surface area contributed by atoms with E-state index in [2.05, 4.69) is 15.4 Å². The van der Waals surface area contributed by atoms with E-state index < -0.39 is 24.3 Å². The van der Waals surface area contributed by atoms with Crippen LogP contribution in [0, 0.1) is 17.8 Å². The standard InChI is InChI=1S/C22H31F3N6O2/c1-12-5-17(14-6-15(8-26-7-14)28-13(2)32)29-19-18(12)20(33)31(21(19,3)4)16-9-27-30(10-16)11-22(23,24)25/h7,9,12,14-18H,5-6,8,10-11H2,1-4H3,(H,28,32). The lowest BCUT2D eigenvalue weighted by Crippen LogP contribution is -2.53. The van der Waals surface area contributed by atoms with Crippen LogP contribution in [0.1, 0.15) is 40.5 Å².